The van der Waals surface area contributed by atoms with Gasteiger partial charge in [-0.1, -0.05) is 30.3 Å². The van der Waals surface area contributed by atoms with Crippen LogP contribution >= 0.6 is 11.8 Å². The second-order valence-corrected chi connectivity index (χ2v) is 11.9. The van der Waals surface area contributed by atoms with Gasteiger partial charge in [-0.05, 0) is 38.4 Å². The average molecular weight is 526 g/mol. The summed E-state index contributed by atoms with van der Waals surface area (Å²) < 4.78 is 24.9. The number of nitrogen functional groups attached to an aromatic ring is 1. The number of hydrogen-bond acceptors (Lipinski definition) is 9. The Balaban J connectivity index is 1.84. The highest BCUT2D eigenvalue weighted by atomic mass is 32.2. The van der Waals surface area contributed by atoms with Gasteiger partial charge in [-0.3, -0.25) is 9.59 Å². The maximum absolute atomic E-state index is 13.6. The van der Waals surface area contributed by atoms with Gasteiger partial charge in [0.25, 0.3) is 0 Å². The van der Waals surface area contributed by atoms with Crippen LogP contribution in [0.2, 0.25) is 0 Å². The minimum Gasteiger partial charge on any atom is -0.397 e. The number of aliphatic hydroxyl groups is 1. The predicted octanol–water partition coefficient (Wildman–Crippen LogP) is 3.21. The average Bonchev–Trinajstić information content (AvgIpc) is 2.84. The number of hydrogen-bond donors (Lipinski definition) is 3. The van der Waals surface area contributed by atoms with Crippen LogP contribution < -0.4 is 11.1 Å². The minimum absolute atomic E-state index is 0.0409. The van der Waals surface area contributed by atoms with Crippen LogP contribution in [-0.2, 0) is 9.84 Å². The van der Waals surface area contributed by atoms with Gasteiger partial charge in [-0.25, -0.2) is 8.42 Å². The lowest BCUT2D eigenvalue weighted by Crippen LogP contribution is -2.24. The standard InChI is InChI=1S/C26H27N3O5S2/c1-29(2)10-12-35-21-15-20(28-16-6-5-7-17(14-16)36(33,34)13-11-30)22-23(24(21)27)26(32)19-9-4-3-8-18(19)25(22)31/h3-9,14-15,28,30H,10-13,27H2,1-2H3. The number of nitrogens with one attached hydrogen (secondary N) is 1. The molecule has 0 spiro atoms. The number of carbonyl (C=O) groups excluding carboxylic acids is 2. The Hall–Kier alpha value is -3.18. The molecule has 4 rings (SSSR count). The summed E-state index contributed by atoms with van der Waals surface area (Å²) in [5, 5.41) is 12.3. The number of nitrogens with two attached hydrogens (primary N) is 1. The Morgan fingerprint density at radius 1 is 0.972 bits per heavy atom. The molecular weight excluding hydrogens is 498 g/mol. The first-order valence-electron chi connectivity index (χ1n) is 11.3. The van der Waals surface area contributed by atoms with Gasteiger partial charge in [0, 0.05) is 34.0 Å². The summed E-state index contributed by atoms with van der Waals surface area (Å²) in [6.07, 6.45) is 0. The Kier molecular flexibility index (Phi) is 7.51. The number of sulfone groups is 1. The molecule has 0 bridgehead atoms. The normalized spacial score (nSPS) is 13.0. The highest BCUT2D eigenvalue weighted by Gasteiger charge is 2.34. The molecule has 188 valence electrons. The van der Waals surface area contributed by atoms with Crippen LogP contribution in [0.4, 0.5) is 17.1 Å². The van der Waals surface area contributed by atoms with Gasteiger partial charge in [0.1, 0.15) is 0 Å². The van der Waals surface area contributed by atoms with E-state index in [0.29, 0.717) is 33.2 Å². The van der Waals surface area contributed by atoms with E-state index >= 15 is 0 Å². The first-order valence-corrected chi connectivity index (χ1v) is 13.9. The van der Waals surface area contributed by atoms with Crippen molar-refractivity contribution in [1.82, 2.24) is 4.90 Å². The van der Waals surface area contributed by atoms with Crippen LogP contribution in [0.15, 0.2) is 64.4 Å². The van der Waals surface area contributed by atoms with Crippen molar-refractivity contribution in [2.75, 3.05) is 49.8 Å². The Bertz CT molecular complexity index is 1450. The van der Waals surface area contributed by atoms with E-state index in [0.717, 1.165) is 6.54 Å². The first-order chi connectivity index (χ1) is 17.1. The lowest BCUT2D eigenvalue weighted by molar-refractivity contribution is 0.0980. The van der Waals surface area contributed by atoms with Crippen LogP contribution in [0.1, 0.15) is 31.8 Å². The smallest absolute Gasteiger partial charge is 0.196 e. The molecule has 0 saturated carbocycles. The molecule has 0 saturated heterocycles. The van der Waals surface area contributed by atoms with Crippen LogP contribution in [-0.4, -0.2) is 68.7 Å². The van der Waals surface area contributed by atoms with Crippen molar-refractivity contribution in [3.63, 3.8) is 0 Å². The summed E-state index contributed by atoms with van der Waals surface area (Å²) in [7, 11) is 0.241. The fraction of sp³-hybridized carbons (Fsp3) is 0.231. The fourth-order valence-corrected chi connectivity index (χ4v) is 6.21. The van der Waals surface area contributed by atoms with Crippen molar-refractivity contribution >= 4 is 50.2 Å². The molecule has 0 unspecified atom stereocenters. The topological polar surface area (TPSA) is 130 Å². The fourth-order valence-electron chi connectivity index (χ4n) is 4.01. The molecule has 0 amide bonds. The van der Waals surface area contributed by atoms with Crippen molar-refractivity contribution in [2.45, 2.75) is 9.79 Å². The summed E-state index contributed by atoms with van der Waals surface area (Å²) in [6.45, 7) is 0.291. The molecular formula is C26H27N3O5S2. The number of aliphatic hydroxyl groups excluding tert-OH is 1. The number of ketones is 2. The zero-order chi connectivity index (χ0) is 26.0. The molecule has 0 aliphatic heterocycles. The molecule has 10 heteroatoms. The van der Waals surface area contributed by atoms with Crippen LogP contribution in [0.3, 0.4) is 0 Å². The number of anilines is 3. The summed E-state index contributed by atoms with van der Waals surface area (Å²) in [4.78, 5) is 29.8. The molecule has 0 aromatic heterocycles. The molecule has 1 aliphatic carbocycles. The maximum atomic E-state index is 13.6. The maximum Gasteiger partial charge on any atom is 0.196 e. The highest BCUT2D eigenvalue weighted by Crippen LogP contribution is 2.41. The second-order valence-electron chi connectivity index (χ2n) is 8.64. The van der Waals surface area contributed by atoms with Crippen molar-refractivity contribution in [3.05, 3.63) is 76.9 Å². The number of fused-ring (bicyclic) bond motifs is 2. The van der Waals surface area contributed by atoms with Gasteiger partial charge < -0.3 is 21.1 Å². The Labute approximate surface area is 214 Å². The third kappa shape index (κ3) is 5.03. The van der Waals surface area contributed by atoms with Crippen molar-refractivity contribution in [2.24, 2.45) is 0 Å². The van der Waals surface area contributed by atoms with E-state index in [-0.39, 0.29) is 33.3 Å². The molecule has 0 fully saturated rings. The first kappa shape index (κ1) is 25.9. The summed E-state index contributed by atoms with van der Waals surface area (Å²) in [6, 6.07) is 14.5. The van der Waals surface area contributed by atoms with Gasteiger partial charge in [0.2, 0.25) is 0 Å². The molecule has 0 heterocycles. The van der Waals surface area contributed by atoms with Crippen LogP contribution in [0.5, 0.6) is 0 Å². The summed E-state index contributed by atoms with van der Waals surface area (Å²) >= 11 is 1.48. The second kappa shape index (κ2) is 10.4. The number of thioether (sulfide) groups is 1. The van der Waals surface area contributed by atoms with E-state index in [9.17, 15) is 18.0 Å². The number of benzene rings is 3. The van der Waals surface area contributed by atoms with Crippen LogP contribution in [0.25, 0.3) is 0 Å². The van der Waals surface area contributed by atoms with Crippen molar-refractivity contribution < 1.29 is 23.1 Å². The number of carbonyl (C=O) groups is 2. The zero-order valence-corrected chi connectivity index (χ0v) is 21.6. The van der Waals surface area contributed by atoms with E-state index in [4.69, 9.17) is 10.8 Å². The van der Waals surface area contributed by atoms with E-state index in [1.165, 1.54) is 23.9 Å². The molecule has 0 atom stereocenters. The molecule has 1 aliphatic rings. The van der Waals surface area contributed by atoms with Gasteiger partial charge in [0.05, 0.1) is 39.8 Å². The largest absolute Gasteiger partial charge is 0.397 e. The van der Waals surface area contributed by atoms with Crippen molar-refractivity contribution in [1.29, 1.82) is 0 Å². The summed E-state index contributed by atoms with van der Waals surface area (Å²) in [5.41, 5.74) is 8.44. The third-order valence-corrected chi connectivity index (χ3v) is 8.56. The van der Waals surface area contributed by atoms with Gasteiger partial charge >= 0.3 is 0 Å². The third-order valence-electron chi connectivity index (χ3n) is 5.83. The highest BCUT2D eigenvalue weighted by molar-refractivity contribution is 7.99. The predicted molar refractivity (Wildman–Crippen MR) is 142 cm³/mol. The van der Waals surface area contributed by atoms with Crippen molar-refractivity contribution in [3.8, 4) is 0 Å². The molecule has 3 aromatic carbocycles. The van der Waals surface area contributed by atoms with E-state index in [1.54, 1.807) is 42.5 Å². The van der Waals surface area contributed by atoms with Crippen LogP contribution in [0, 0.1) is 0 Å². The Morgan fingerprint density at radius 2 is 1.64 bits per heavy atom. The lowest BCUT2D eigenvalue weighted by atomic mass is 9.82. The lowest BCUT2D eigenvalue weighted by Gasteiger charge is -2.24. The quantitative estimate of drug-likeness (QED) is 0.223. The minimum atomic E-state index is -3.68. The van der Waals surface area contributed by atoms with Gasteiger partial charge in [-0.2, -0.15) is 0 Å². The van der Waals surface area contributed by atoms with E-state index in [1.807, 2.05) is 19.0 Å². The number of rotatable bonds is 9. The number of nitrogens with zero attached hydrogens (tertiary/aromatic N) is 1. The molecule has 0 radical (unpaired) electrons. The Morgan fingerprint density at radius 3 is 2.28 bits per heavy atom. The molecule has 36 heavy (non-hydrogen) atoms. The molecule has 8 nitrogen and oxygen atoms in total. The molecule has 3 aromatic rings. The van der Waals surface area contributed by atoms with E-state index < -0.39 is 22.2 Å². The van der Waals surface area contributed by atoms with E-state index in [2.05, 4.69) is 5.32 Å². The van der Waals surface area contributed by atoms with Gasteiger partial charge in [-0.15, -0.1) is 11.8 Å². The van der Waals surface area contributed by atoms with Gasteiger partial charge in [0.15, 0.2) is 21.4 Å². The zero-order valence-electron chi connectivity index (χ0n) is 19.9. The summed E-state index contributed by atoms with van der Waals surface area (Å²) in [5.74, 6) is -0.342. The monoisotopic (exact) mass is 525 g/mol. The molecule has 4 N–H and O–H groups in total. The SMILES string of the molecule is CN(C)CCSc1cc(Nc2cccc(S(=O)(=O)CCO)c2)c2c(c1N)C(=O)c1ccccc1C2=O.